The van der Waals surface area contributed by atoms with E-state index in [1.807, 2.05) is 6.07 Å². The molecular weight excluding hydrogens is 365 g/mol. The second-order valence-corrected chi connectivity index (χ2v) is 6.35. The van der Waals surface area contributed by atoms with Gasteiger partial charge in [-0.15, -0.1) is 0 Å². The number of halogens is 2. The summed E-state index contributed by atoms with van der Waals surface area (Å²) in [6, 6.07) is 5.35. The van der Waals surface area contributed by atoms with E-state index < -0.39 is 0 Å². The van der Waals surface area contributed by atoms with Crippen LogP contribution >= 0.6 is 34.2 Å². The van der Waals surface area contributed by atoms with E-state index in [2.05, 4.69) is 34.8 Å². The van der Waals surface area contributed by atoms with Gasteiger partial charge in [0.1, 0.15) is 0 Å². The van der Waals surface area contributed by atoms with Gasteiger partial charge in [0, 0.05) is 27.3 Å². The van der Waals surface area contributed by atoms with Gasteiger partial charge in [-0.25, -0.2) is 0 Å². The van der Waals surface area contributed by atoms with Crippen LogP contribution in [0.1, 0.15) is 30.1 Å². The van der Waals surface area contributed by atoms with E-state index in [-0.39, 0.29) is 11.4 Å². The van der Waals surface area contributed by atoms with E-state index in [0.717, 1.165) is 16.4 Å². The van der Waals surface area contributed by atoms with Gasteiger partial charge in [0.05, 0.1) is 5.56 Å². The fourth-order valence-corrected chi connectivity index (χ4v) is 2.71. The third-order valence-corrected chi connectivity index (χ3v) is 4.36. The second-order valence-electron chi connectivity index (χ2n) is 4.75. The van der Waals surface area contributed by atoms with Gasteiger partial charge >= 0.3 is 0 Å². The monoisotopic (exact) mass is 379 g/mol. The predicted octanol–water partition coefficient (Wildman–Crippen LogP) is 3.24. The molecule has 1 aromatic carbocycles. The van der Waals surface area contributed by atoms with E-state index in [4.69, 9.17) is 16.3 Å². The van der Waals surface area contributed by atoms with Crippen LogP contribution in [0.5, 0.6) is 0 Å². The van der Waals surface area contributed by atoms with Crippen molar-refractivity contribution in [3.8, 4) is 0 Å². The summed E-state index contributed by atoms with van der Waals surface area (Å²) < 4.78 is 6.23. The number of amides is 1. The van der Waals surface area contributed by atoms with Crippen LogP contribution in [-0.2, 0) is 4.74 Å². The van der Waals surface area contributed by atoms with Crippen molar-refractivity contribution in [2.45, 2.75) is 25.3 Å². The Kier molecular flexibility index (Phi) is 4.50. The molecule has 1 saturated heterocycles. The zero-order valence-electron chi connectivity index (χ0n) is 10.1. The smallest absolute Gasteiger partial charge is 0.252 e. The molecule has 2 rings (SSSR count). The fraction of sp³-hybridized carbons (Fsp3) is 0.462. The molecule has 0 bridgehead atoms. The number of hydrogen-bond donors (Lipinski definition) is 1. The zero-order chi connectivity index (χ0) is 13.2. The average molecular weight is 380 g/mol. The molecule has 1 fully saturated rings. The topological polar surface area (TPSA) is 38.3 Å². The first-order valence-electron chi connectivity index (χ1n) is 5.85. The molecule has 0 radical (unpaired) electrons. The van der Waals surface area contributed by atoms with E-state index in [1.165, 1.54) is 0 Å². The quantitative estimate of drug-likeness (QED) is 0.801. The van der Waals surface area contributed by atoms with E-state index >= 15 is 0 Å². The Labute approximate surface area is 125 Å². The Balaban J connectivity index is 2.14. The first-order valence-corrected chi connectivity index (χ1v) is 7.31. The Morgan fingerprint density at radius 1 is 1.44 bits per heavy atom. The van der Waals surface area contributed by atoms with E-state index in [9.17, 15) is 4.79 Å². The highest BCUT2D eigenvalue weighted by molar-refractivity contribution is 14.1. The van der Waals surface area contributed by atoms with E-state index in [0.29, 0.717) is 23.8 Å². The molecule has 18 heavy (non-hydrogen) atoms. The maximum Gasteiger partial charge on any atom is 0.252 e. The molecule has 1 aliphatic heterocycles. The van der Waals surface area contributed by atoms with Crippen molar-refractivity contribution in [3.63, 3.8) is 0 Å². The molecule has 0 spiro atoms. The maximum atomic E-state index is 12.3. The third kappa shape index (κ3) is 3.36. The molecule has 1 aromatic rings. The summed E-state index contributed by atoms with van der Waals surface area (Å²) in [5.41, 5.74) is 0.455. The summed E-state index contributed by atoms with van der Waals surface area (Å²) in [5, 5.41) is 3.68. The van der Waals surface area contributed by atoms with Gasteiger partial charge in [0.15, 0.2) is 0 Å². The molecule has 1 aliphatic rings. The molecule has 0 aliphatic carbocycles. The van der Waals surface area contributed by atoms with Crippen LogP contribution in [0.15, 0.2) is 18.2 Å². The predicted molar refractivity (Wildman–Crippen MR) is 80.1 cm³/mol. The van der Waals surface area contributed by atoms with Crippen molar-refractivity contribution in [3.05, 3.63) is 32.4 Å². The molecular formula is C13H15ClINO2. The Hall–Kier alpha value is -0.330. The van der Waals surface area contributed by atoms with Gasteiger partial charge in [-0.3, -0.25) is 4.79 Å². The van der Waals surface area contributed by atoms with Crippen molar-refractivity contribution < 1.29 is 9.53 Å². The van der Waals surface area contributed by atoms with Crippen LogP contribution in [0.3, 0.4) is 0 Å². The lowest BCUT2D eigenvalue weighted by Gasteiger charge is -2.34. The molecule has 1 heterocycles. The van der Waals surface area contributed by atoms with Gasteiger partial charge in [0.2, 0.25) is 0 Å². The SMILES string of the molecule is CC1(NC(=O)c2cc(Cl)ccc2I)CCOCC1. The van der Waals surface area contributed by atoms with Crippen LogP contribution < -0.4 is 5.32 Å². The Bertz CT molecular complexity index is 458. The zero-order valence-corrected chi connectivity index (χ0v) is 13.0. The summed E-state index contributed by atoms with van der Waals surface area (Å²) in [4.78, 5) is 12.3. The Morgan fingerprint density at radius 3 is 2.78 bits per heavy atom. The lowest BCUT2D eigenvalue weighted by atomic mass is 9.92. The standard InChI is InChI=1S/C13H15ClINO2/c1-13(4-6-18-7-5-13)16-12(17)10-8-9(14)2-3-11(10)15/h2-3,8H,4-7H2,1H3,(H,16,17). The number of hydrogen-bond acceptors (Lipinski definition) is 2. The van der Waals surface area contributed by atoms with Crippen LogP contribution in [0, 0.1) is 3.57 Å². The minimum Gasteiger partial charge on any atom is -0.381 e. The van der Waals surface area contributed by atoms with Gasteiger partial charge in [-0.1, -0.05) is 11.6 Å². The first-order chi connectivity index (χ1) is 8.50. The summed E-state index contributed by atoms with van der Waals surface area (Å²) in [6.07, 6.45) is 1.69. The van der Waals surface area contributed by atoms with E-state index in [1.54, 1.807) is 12.1 Å². The molecule has 0 unspecified atom stereocenters. The third-order valence-electron chi connectivity index (χ3n) is 3.18. The molecule has 0 saturated carbocycles. The summed E-state index contributed by atoms with van der Waals surface area (Å²) in [7, 11) is 0. The average Bonchev–Trinajstić information content (AvgIpc) is 2.32. The van der Waals surface area contributed by atoms with Gasteiger partial charge < -0.3 is 10.1 Å². The number of nitrogens with one attached hydrogen (secondary N) is 1. The summed E-state index contributed by atoms with van der Waals surface area (Å²) >= 11 is 8.08. The highest BCUT2D eigenvalue weighted by Crippen LogP contribution is 2.22. The molecule has 0 aromatic heterocycles. The van der Waals surface area contributed by atoms with Crippen molar-refractivity contribution in [2.24, 2.45) is 0 Å². The van der Waals surface area contributed by atoms with Crippen LogP contribution in [-0.4, -0.2) is 24.7 Å². The van der Waals surface area contributed by atoms with Crippen molar-refractivity contribution in [1.82, 2.24) is 5.32 Å². The van der Waals surface area contributed by atoms with Crippen LogP contribution in [0.25, 0.3) is 0 Å². The number of carbonyl (C=O) groups is 1. The van der Waals surface area contributed by atoms with Crippen molar-refractivity contribution >= 4 is 40.1 Å². The molecule has 0 atom stereocenters. The normalized spacial score (nSPS) is 18.4. The Morgan fingerprint density at radius 2 is 2.11 bits per heavy atom. The molecule has 98 valence electrons. The lowest BCUT2D eigenvalue weighted by molar-refractivity contribution is 0.0422. The number of benzene rings is 1. The molecule has 3 nitrogen and oxygen atoms in total. The lowest BCUT2D eigenvalue weighted by Crippen LogP contribution is -2.49. The van der Waals surface area contributed by atoms with Crippen LogP contribution in [0.4, 0.5) is 0 Å². The number of rotatable bonds is 2. The fourth-order valence-electron chi connectivity index (χ4n) is 1.96. The molecule has 5 heteroatoms. The first kappa shape index (κ1) is 14.1. The van der Waals surface area contributed by atoms with Gasteiger partial charge in [-0.05, 0) is 60.6 Å². The van der Waals surface area contributed by atoms with Crippen molar-refractivity contribution in [2.75, 3.05) is 13.2 Å². The number of ether oxygens (including phenoxy) is 1. The van der Waals surface area contributed by atoms with Crippen LogP contribution in [0.2, 0.25) is 5.02 Å². The highest BCUT2D eigenvalue weighted by Gasteiger charge is 2.29. The largest absolute Gasteiger partial charge is 0.381 e. The minimum atomic E-state index is -0.180. The van der Waals surface area contributed by atoms with Gasteiger partial charge in [0.25, 0.3) is 5.91 Å². The second kappa shape index (κ2) is 5.75. The maximum absolute atomic E-state index is 12.3. The van der Waals surface area contributed by atoms with Gasteiger partial charge in [-0.2, -0.15) is 0 Å². The van der Waals surface area contributed by atoms with Crippen molar-refractivity contribution in [1.29, 1.82) is 0 Å². The summed E-state index contributed by atoms with van der Waals surface area (Å²) in [5.74, 6) is -0.0636. The highest BCUT2D eigenvalue weighted by atomic mass is 127. The molecule has 1 amide bonds. The summed E-state index contributed by atoms with van der Waals surface area (Å²) in [6.45, 7) is 3.46. The minimum absolute atomic E-state index is 0.0636. The number of carbonyl (C=O) groups excluding carboxylic acids is 1. The molecule has 1 N–H and O–H groups in total.